The molecule has 218 valence electrons. The zero-order valence-electron chi connectivity index (χ0n) is 22.8. The maximum absolute atomic E-state index is 14.0. The first kappa shape index (κ1) is 28.5. The lowest BCUT2D eigenvalue weighted by atomic mass is 9.91. The predicted octanol–water partition coefficient (Wildman–Crippen LogP) is 5.81. The van der Waals surface area contributed by atoms with Gasteiger partial charge in [0.2, 0.25) is 0 Å². The van der Waals surface area contributed by atoms with Gasteiger partial charge in [0.05, 0.1) is 29.5 Å². The van der Waals surface area contributed by atoms with E-state index in [2.05, 4.69) is 20.2 Å². The average molecular weight is 573 g/mol. The van der Waals surface area contributed by atoms with Crippen molar-refractivity contribution in [3.05, 3.63) is 57.9 Å². The number of carbonyl (C=O) groups excluding carboxylic acids is 2. The van der Waals surface area contributed by atoms with Gasteiger partial charge in [0.15, 0.2) is 0 Å². The van der Waals surface area contributed by atoms with Gasteiger partial charge in [-0.15, -0.1) is 0 Å². The lowest BCUT2D eigenvalue weighted by molar-refractivity contribution is -0.135. The molecule has 1 fully saturated rings. The number of nitrogens with zero attached hydrogens (tertiary/aromatic N) is 8. The number of aryl methyl sites for hydroxylation is 2. The summed E-state index contributed by atoms with van der Waals surface area (Å²) in [6.07, 6.45) is 0.876. The van der Waals surface area contributed by atoms with Gasteiger partial charge in [-0.3, -0.25) is 9.48 Å². The third-order valence-corrected chi connectivity index (χ3v) is 7.43. The average Bonchev–Trinajstić information content (AvgIpc) is 3.50. The molecule has 2 heterocycles. The molecule has 0 saturated heterocycles. The van der Waals surface area contributed by atoms with Crippen LogP contribution < -0.4 is 0 Å². The second-order valence-corrected chi connectivity index (χ2v) is 11.2. The van der Waals surface area contributed by atoms with Gasteiger partial charge in [0.25, 0.3) is 5.91 Å². The molecule has 1 atom stereocenters. The van der Waals surface area contributed by atoms with Crippen LogP contribution in [0.4, 0.5) is 18.0 Å². The summed E-state index contributed by atoms with van der Waals surface area (Å²) in [6, 6.07) is 5.24. The quantitative estimate of drug-likeness (QED) is 0.181. The van der Waals surface area contributed by atoms with E-state index in [1.165, 1.54) is 4.68 Å². The molecule has 1 unspecified atom stereocenters. The fourth-order valence-electron chi connectivity index (χ4n) is 5.35. The Kier molecular flexibility index (Phi) is 7.69. The summed E-state index contributed by atoms with van der Waals surface area (Å²) in [5, 5.41) is 12.8. The van der Waals surface area contributed by atoms with Crippen LogP contribution in [0, 0.1) is 0 Å². The summed E-state index contributed by atoms with van der Waals surface area (Å²) in [6.45, 7) is 3.37. The monoisotopic (exact) mass is 572 g/mol. The maximum Gasteiger partial charge on any atom is 0.435 e. The van der Waals surface area contributed by atoms with Crippen LogP contribution in [0.15, 0.2) is 35.7 Å². The van der Waals surface area contributed by atoms with Crippen molar-refractivity contribution in [1.82, 2.24) is 24.5 Å². The SMILES string of the molecule is CC(C)(CN=[N+]=[N-])OC(=O)n1cc2c(n1)CCC(N(C(=O)c1cccc3c1cnn3CCCC(F)(F)F)C1CC1)C2. The number of fused-ring (bicyclic) bond motifs is 2. The predicted molar refractivity (Wildman–Crippen MR) is 142 cm³/mol. The van der Waals surface area contributed by atoms with E-state index in [0.717, 1.165) is 28.8 Å². The Morgan fingerprint density at radius 2 is 2.00 bits per heavy atom. The standard InChI is InChI=1S/C27H31F3N8O3/c1-26(2,16-32-35-31)41-25(40)37-15-17-13-19(9-10-22(17)34-37)38(18-7-8-18)24(39)20-5-3-6-23-21(20)14-33-36(23)12-4-11-27(28,29)30/h3,5-6,14-15,18-19H,4,7-13,16H2,1-2H3. The minimum absolute atomic E-state index is 0.0179. The number of alkyl halides is 3. The lowest BCUT2D eigenvalue weighted by Crippen LogP contribution is -2.44. The number of hydrogen-bond acceptors (Lipinski definition) is 6. The van der Waals surface area contributed by atoms with Crippen molar-refractivity contribution in [3.8, 4) is 0 Å². The molecule has 41 heavy (non-hydrogen) atoms. The smallest absolute Gasteiger partial charge is 0.435 e. The molecule has 2 aliphatic carbocycles. The fraction of sp³-hybridized carbons (Fsp3) is 0.556. The Morgan fingerprint density at radius 1 is 1.22 bits per heavy atom. The highest BCUT2D eigenvalue weighted by Crippen LogP contribution is 2.36. The zero-order valence-corrected chi connectivity index (χ0v) is 22.8. The molecule has 0 spiro atoms. The molecule has 0 bridgehead atoms. The van der Waals surface area contributed by atoms with Crippen molar-refractivity contribution in [2.75, 3.05) is 6.54 Å². The molecule has 3 aromatic rings. The van der Waals surface area contributed by atoms with Crippen LogP contribution in [-0.2, 0) is 24.1 Å². The Labute approximate surface area is 233 Å². The van der Waals surface area contributed by atoms with Crippen LogP contribution in [0.2, 0.25) is 0 Å². The van der Waals surface area contributed by atoms with Crippen LogP contribution in [0.1, 0.15) is 67.6 Å². The molecule has 11 nitrogen and oxygen atoms in total. The molecule has 5 rings (SSSR count). The van der Waals surface area contributed by atoms with Gasteiger partial charge < -0.3 is 9.64 Å². The van der Waals surface area contributed by atoms with Gasteiger partial charge in [0.1, 0.15) is 5.60 Å². The lowest BCUT2D eigenvalue weighted by Gasteiger charge is -2.34. The van der Waals surface area contributed by atoms with E-state index in [1.54, 1.807) is 44.4 Å². The molecule has 1 amide bonds. The van der Waals surface area contributed by atoms with Gasteiger partial charge >= 0.3 is 12.3 Å². The Hall–Kier alpha value is -4.06. The molecule has 1 saturated carbocycles. The second kappa shape index (κ2) is 11.1. The van der Waals surface area contributed by atoms with E-state index in [9.17, 15) is 22.8 Å². The third kappa shape index (κ3) is 6.48. The Balaban J connectivity index is 1.32. The summed E-state index contributed by atoms with van der Waals surface area (Å²) in [4.78, 5) is 31.3. The highest BCUT2D eigenvalue weighted by Gasteiger charge is 2.40. The molecule has 0 aliphatic heterocycles. The number of hydrogen-bond donors (Lipinski definition) is 0. The summed E-state index contributed by atoms with van der Waals surface area (Å²) in [5.74, 6) is -0.131. The number of rotatable bonds is 9. The Morgan fingerprint density at radius 3 is 2.71 bits per heavy atom. The molecular formula is C27H31F3N8O3. The first-order chi connectivity index (χ1) is 19.5. The summed E-state index contributed by atoms with van der Waals surface area (Å²) >= 11 is 0. The fourth-order valence-corrected chi connectivity index (χ4v) is 5.35. The summed E-state index contributed by atoms with van der Waals surface area (Å²) < 4.78 is 46.0. The van der Waals surface area contributed by atoms with Gasteiger partial charge in [-0.25, -0.2) is 4.79 Å². The normalized spacial score (nSPS) is 17.1. The molecule has 0 N–H and O–H groups in total. The minimum atomic E-state index is -4.23. The van der Waals surface area contributed by atoms with Crippen LogP contribution in [0.25, 0.3) is 21.3 Å². The molecular weight excluding hydrogens is 541 g/mol. The number of ether oxygens (including phenoxy) is 1. The van der Waals surface area contributed by atoms with Crippen LogP contribution in [-0.4, -0.2) is 66.9 Å². The van der Waals surface area contributed by atoms with Crippen molar-refractivity contribution in [1.29, 1.82) is 0 Å². The van der Waals surface area contributed by atoms with Gasteiger partial charge in [-0.2, -0.15) is 28.1 Å². The van der Waals surface area contributed by atoms with Crippen LogP contribution >= 0.6 is 0 Å². The number of amides is 1. The number of aromatic nitrogens is 4. The third-order valence-electron chi connectivity index (χ3n) is 7.43. The summed E-state index contributed by atoms with van der Waals surface area (Å²) in [5.41, 5.74) is 10.3. The van der Waals surface area contributed by atoms with Crippen LogP contribution in [0.3, 0.4) is 0 Å². The molecule has 2 aromatic heterocycles. The first-order valence-electron chi connectivity index (χ1n) is 13.6. The maximum atomic E-state index is 14.0. The van der Waals surface area contributed by atoms with Gasteiger partial charge in [0, 0.05) is 41.5 Å². The highest BCUT2D eigenvalue weighted by molar-refractivity contribution is 6.06. The highest BCUT2D eigenvalue weighted by atomic mass is 19.4. The number of benzene rings is 1. The van der Waals surface area contributed by atoms with Gasteiger partial charge in [-0.05, 0) is 75.6 Å². The van der Waals surface area contributed by atoms with E-state index < -0.39 is 24.3 Å². The first-order valence-corrected chi connectivity index (χ1v) is 13.6. The molecule has 0 radical (unpaired) electrons. The minimum Gasteiger partial charge on any atom is -0.442 e. The Bertz CT molecular complexity index is 1500. The molecule has 2 aliphatic rings. The number of azide groups is 1. The second-order valence-electron chi connectivity index (χ2n) is 11.2. The topological polar surface area (TPSA) is 131 Å². The number of halogens is 3. The molecule has 1 aromatic carbocycles. The van der Waals surface area contributed by atoms with Crippen molar-refractivity contribution < 1.29 is 27.5 Å². The van der Waals surface area contributed by atoms with E-state index >= 15 is 0 Å². The summed E-state index contributed by atoms with van der Waals surface area (Å²) in [7, 11) is 0. The van der Waals surface area contributed by atoms with E-state index in [4.69, 9.17) is 10.3 Å². The van der Waals surface area contributed by atoms with Crippen LogP contribution in [0.5, 0.6) is 0 Å². The van der Waals surface area contributed by atoms with Crippen molar-refractivity contribution in [2.45, 2.75) is 89.2 Å². The van der Waals surface area contributed by atoms with Gasteiger partial charge in [-0.1, -0.05) is 11.2 Å². The van der Waals surface area contributed by atoms with E-state index in [-0.39, 0.29) is 37.5 Å². The molecule has 14 heteroatoms. The zero-order chi connectivity index (χ0) is 29.4. The number of carbonyl (C=O) groups is 2. The van der Waals surface area contributed by atoms with Crippen molar-refractivity contribution in [2.24, 2.45) is 5.11 Å². The van der Waals surface area contributed by atoms with E-state index in [1.807, 2.05) is 4.90 Å². The van der Waals surface area contributed by atoms with Crippen molar-refractivity contribution in [3.63, 3.8) is 0 Å². The van der Waals surface area contributed by atoms with Crippen molar-refractivity contribution >= 4 is 22.9 Å². The van der Waals surface area contributed by atoms with E-state index in [0.29, 0.717) is 35.7 Å². The largest absolute Gasteiger partial charge is 0.442 e.